The van der Waals surface area contributed by atoms with Gasteiger partial charge in [-0.25, -0.2) is 9.78 Å². The molecule has 0 amide bonds. The number of nitrogen functional groups attached to an aromatic ring is 1. The summed E-state index contributed by atoms with van der Waals surface area (Å²) in [4.78, 5) is 15.3. The Morgan fingerprint density at radius 1 is 1.50 bits per heavy atom. The van der Waals surface area contributed by atoms with Gasteiger partial charge in [0.1, 0.15) is 0 Å². The number of anilines is 1. The molecule has 0 radical (unpaired) electrons. The van der Waals surface area contributed by atoms with Gasteiger partial charge in [-0.15, -0.1) is 0 Å². The van der Waals surface area contributed by atoms with Gasteiger partial charge in [0.25, 0.3) is 0 Å². The van der Waals surface area contributed by atoms with Crippen LogP contribution < -0.4 is 5.73 Å². The molecule has 0 unspecified atom stereocenters. The van der Waals surface area contributed by atoms with Crippen molar-refractivity contribution in [2.45, 2.75) is 0 Å². The number of rotatable bonds is 2. The summed E-state index contributed by atoms with van der Waals surface area (Å²) in [6.07, 6.45) is 0. The van der Waals surface area contributed by atoms with Crippen LogP contribution in [0.2, 0.25) is 0 Å². The lowest BCUT2D eigenvalue weighted by Crippen LogP contribution is -1.99. The SMILES string of the molecule is Nc1nc(C(=O)O)c(-c2cccc(Br)c2)s1. The number of carbonyl (C=O) groups is 1. The van der Waals surface area contributed by atoms with Crippen molar-refractivity contribution >= 4 is 38.4 Å². The van der Waals surface area contributed by atoms with E-state index in [-0.39, 0.29) is 10.8 Å². The minimum atomic E-state index is -1.07. The number of carboxylic acids is 1. The molecule has 1 heterocycles. The van der Waals surface area contributed by atoms with Crippen molar-refractivity contribution < 1.29 is 9.90 Å². The fourth-order valence-electron chi connectivity index (χ4n) is 1.31. The Bertz CT molecular complexity index is 554. The van der Waals surface area contributed by atoms with Crippen molar-refractivity contribution in [2.24, 2.45) is 0 Å². The highest BCUT2D eigenvalue weighted by Gasteiger charge is 2.17. The zero-order valence-corrected chi connectivity index (χ0v) is 10.4. The third kappa shape index (κ3) is 2.07. The molecular formula is C10H7BrN2O2S. The molecule has 2 aromatic rings. The minimum absolute atomic E-state index is 0.000556. The summed E-state index contributed by atoms with van der Waals surface area (Å²) in [6.45, 7) is 0. The van der Waals surface area contributed by atoms with Gasteiger partial charge in [0.05, 0.1) is 4.88 Å². The normalized spacial score (nSPS) is 10.3. The molecule has 0 bridgehead atoms. The molecule has 16 heavy (non-hydrogen) atoms. The first-order valence-corrected chi connectivity index (χ1v) is 5.94. The van der Waals surface area contributed by atoms with E-state index in [1.165, 1.54) is 11.3 Å². The minimum Gasteiger partial charge on any atom is -0.476 e. The molecule has 0 aliphatic heterocycles. The van der Waals surface area contributed by atoms with Crippen LogP contribution >= 0.6 is 27.3 Å². The molecule has 0 spiro atoms. The van der Waals surface area contributed by atoms with Crippen LogP contribution in [0.15, 0.2) is 28.7 Å². The Morgan fingerprint density at radius 3 is 2.88 bits per heavy atom. The van der Waals surface area contributed by atoms with Crippen LogP contribution in [0.1, 0.15) is 10.5 Å². The first-order chi connectivity index (χ1) is 7.58. The fourth-order valence-corrected chi connectivity index (χ4v) is 2.53. The second-order valence-electron chi connectivity index (χ2n) is 3.05. The van der Waals surface area contributed by atoms with E-state index in [9.17, 15) is 4.79 Å². The smallest absolute Gasteiger partial charge is 0.356 e. The van der Waals surface area contributed by atoms with Crippen molar-refractivity contribution in [3.63, 3.8) is 0 Å². The Labute approximate surface area is 104 Å². The van der Waals surface area contributed by atoms with E-state index in [2.05, 4.69) is 20.9 Å². The Kier molecular flexibility index (Phi) is 2.93. The lowest BCUT2D eigenvalue weighted by molar-refractivity contribution is 0.0692. The van der Waals surface area contributed by atoms with Crippen molar-refractivity contribution in [2.75, 3.05) is 5.73 Å². The van der Waals surface area contributed by atoms with E-state index in [0.717, 1.165) is 10.0 Å². The van der Waals surface area contributed by atoms with Crippen LogP contribution in [0.25, 0.3) is 10.4 Å². The van der Waals surface area contributed by atoms with E-state index >= 15 is 0 Å². The summed E-state index contributed by atoms with van der Waals surface area (Å²) in [7, 11) is 0. The monoisotopic (exact) mass is 298 g/mol. The third-order valence-electron chi connectivity index (χ3n) is 1.93. The quantitative estimate of drug-likeness (QED) is 0.894. The molecule has 0 aliphatic rings. The highest BCUT2D eigenvalue weighted by molar-refractivity contribution is 9.10. The number of aromatic carboxylic acids is 1. The highest BCUT2D eigenvalue weighted by atomic mass is 79.9. The average molecular weight is 299 g/mol. The largest absolute Gasteiger partial charge is 0.476 e. The van der Waals surface area contributed by atoms with E-state index in [1.807, 2.05) is 24.3 Å². The van der Waals surface area contributed by atoms with Crippen molar-refractivity contribution in [3.8, 4) is 10.4 Å². The molecule has 0 saturated carbocycles. The third-order valence-corrected chi connectivity index (χ3v) is 3.36. The maximum atomic E-state index is 11.0. The zero-order chi connectivity index (χ0) is 11.7. The fraction of sp³-hybridized carbons (Fsp3) is 0. The Hall–Kier alpha value is -1.40. The first-order valence-electron chi connectivity index (χ1n) is 4.33. The number of hydrogen-bond donors (Lipinski definition) is 2. The predicted octanol–water partition coefficient (Wildman–Crippen LogP) is 2.85. The molecule has 0 aliphatic carbocycles. The molecule has 2 rings (SSSR count). The van der Waals surface area contributed by atoms with E-state index in [0.29, 0.717) is 4.88 Å². The van der Waals surface area contributed by atoms with Gasteiger partial charge in [-0.05, 0) is 17.7 Å². The summed E-state index contributed by atoms with van der Waals surface area (Å²) >= 11 is 4.50. The van der Waals surface area contributed by atoms with Gasteiger partial charge in [0.15, 0.2) is 10.8 Å². The number of nitrogens with zero attached hydrogens (tertiary/aromatic N) is 1. The van der Waals surface area contributed by atoms with Gasteiger partial charge in [0, 0.05) is 4.47 Å². The van der Waals surface area contributed by atoms with Crippen LogP contribution in [-0.2, 0) is 0 Å². The van der Waals surface area contributed by atoms with Crippen LogP contribution in [-0.4, -0.2) is 16.1 Å². The number of hydrogen-bond acceptors (Lipinski definition) is 4. The summed E-state index contributed by atoms with van der Waals surface area (Å²) in [5, 5.41) is 9.24. The first kappa shape index (κ1) is 11.1. The summed E-state index contributed by atoms with van der Waals surface area (Å²) in [6, 6.07) is 7.36. The van der Waals surface area contributed by atoms with Crippen LogP contribution in [0.5, 0.6) is 0 Å². The van der Waals surface area contributed by atoms with E-state index in [1.54, 1.807) is 0 Å². The summed E-state index contributed by atoms with van der Waals surface area (Å²) in [5.74, 6) is -1.07. The second-order valence-corrected chi connectivity index (χ2v) is 4.99. The van der Waals surface area contributed by atoms with Crippen LogP contribution in [0.4, 0.5) is 5.13 Å². The molecule has 3 N–H and O–H groups in total. The maximum Gasteiger partial charge on any atom is 0.356 e. The van der Waals surface area contributed by atoms with Crippen molar-refractivity contribution in [3.05, 3.63) is 34.4 Å². The second kappa shape index (κ2) is 4.23. The zero-order valence-electron chi connectivity index (χ0n) is 7.98. The van der Waals surface area contributed by atoms with Gasteiger partial charge in [-0.3, -0.25) is 0 Å². The van der Waals surface area contributed by atoms with Gasteiger partial charge in [-0.2, -0.15) is 0 Å². The lowest BCUT2D eigenvalue weighted by Gasteiger charge is -1.99. The summed E-state index contributed by atoms with van der Waals surface area (Å²) in [5.41, 5.74) is 6.32. The lowest BCUT2D eigenvalue weighted by atomic mass is 10.1. The molecule has 0 fully saturated rings. The highest BCUT2D eigenvalue weighted by Crippen LogP contribution is 2.32. The number of thiazole rings is 1. The number of halogens is 1. The standard InChI is InChI=1S/C10H7BrN2O2S/c11-6-3-1-2-5(4-6)8-7(9(14)15)13-10(12)16-8/h1-4H,(H2,12,13)(H,14,15). The van der Waals surface area contributed by atoms with E-state index < -0.39 is 5.97 Å². The number of aromatic nitrogens is 1. The maximum absolute atomic E-state index is 11.0. The van der Waals surface area contributed by atoms with E-state index in [4.69, 9.17) is 10.8 Å². The number of carboxylic acid groups (broad SMARTS) is 1. The molecule has 4 nitrogen and oxygen atoms in total. The van der Waals surface area contributed by atoms with Crippen molar-refractivity contribution in [1.82, 2.24) is 4.98 Å². The van der Waals surface area contributed by atoms with Crippen LogP contribution in [0, 0.1) is 0 Å². The average Bonchev–Trinajstić information content (AvgIpc) is 2.60. The number of nitrogens with two attached hydrogens (primary N) is 1. The van der Waals surface area contributed by atoms with Gasteiger partial charge < -0.3 is 10.8 Å². The molecule has 0 atom stereocenters. The van der Waals surface area contributed by atoms with Gasteiger partial charge in [-0.1, -0.05) is 39.4 Å². The Balaban J connectivity index is 2.59. The topological polar surface area (TPSA) is 76.2 Å². The molecule has 82 valence electrons. The summed E-state index contributed by atoms with van der Waals surface area (Å²) < 4.78 is 0.883. The molecule has 1 aromatic carbocycles. The van der Waals surface area contributed by atoms with Gasteiger partial charge >= 0.3 is 5.97 Å². The van der Waals surface area contributed by atoms with Crippen LogP contribution in [0.3, 0.4) is 0 Å². The molecule has 1 aromatic heterocycles. The Morgan fingerprint density at radius 2 is 2.25 bits per heavy atom. The van der Waals surface area contributed by atoms with Gasteiger partial charge in [0.2, 0.25) is 0 Å². The predicted molar refractivity (Wildman–Crippen MR) is 66.6 cm³/mol. The molecule has 0 saturated heterocycles. The van der Waals surface area contributed by atoms with Crippen molar-refractivity contribution in [1.29, 1.82) is 0 Å². The molecule has 6 heteroatoms. The number of benzene rings is 1. The molecular weight excluding hydrogens is 292 g/mol.